The van der Waals surface area contributed by atoms with Gasteiger partial charge in [-0.05, 0) is 58.4 Å². The lowest BCUT2D eigenvalue weighted by Crippen LogP contribution is -2.45. The highest BCUT2D eigenvalue weighted by Gasteiger charge is 2.23. The average molecular weight is 455 g/mol. The van der Waals surface area contributed by atoms with Crippen LogP contribution < -0.4 is 5.56 Å². The van der Waals surface area contributed by atoms with E-state index in [1.807, 2.05) is 39.2 Å². The second kappa shape index (κ2) is 8.50. The van der Waals surface area contributed by atoms with Crippen LogP contribution in [0, 0.1) is 12.7 Å². The van der Waals surface area contributed by atoms with Gasteiger partial charge in [0.15, 0.2) is 0 Å². The van der Waals surface area contributed by atoms with Crippen molar-refractivity contribution in [1.29, 1.82) is 0 Å². The molecule has 1 amide bonds. The molecule has 0 bridgehead atoms. The van der Waals surface area contributed by atoms with Crippen LogP contribution in [-0.2, 0) is 17.9 Å². The van der Waals surface area contributed by atoms with E-state index in [-0.39, 0.29) is 35.9 Å². The number of fused-ring (bicyclic) bond motifs is 3. The molecule has 0 aliphatic rings. The lowest BCUT2D eigenvalue weighted by Gasteiger charge is -2.30. The van der Waals surface area contributed by atoms with Crippen LogP contribution in [0.2, 0.25) is 0 Å². The van der Waals surface area contributed by atoms with Crippen molar-refractivity contribution in [3.63, 3.8) is 0 Å². The molecule has 0 aliphatic carbocycles. The minimum atomic E-state index is -0.300. The molecule has 168 valence electrons. The first-order valence-corrected chi connectivity index (χ1v) is 11.5. The Morgan fingerprint density at radius 2 is 1.81 bits per heavy atom. The molecule has 0 aliphatic heterocycles. The number of amides is 1. The Kier molecular flexibility index (Phi) is 5.90. The normalized spacial score (nSPS) is 11.9. The fraction of sp³-hybridized carbons (Fsp3) is 0.375. The highest BCUT2D eigenvalue weighted by atomic mass is 32.1. The molecule has 4 rings (SSSR count). The van der Waals surface area contributed by atoms with Gasteiger partial charge in [0.05, 0.1) is 16.4 Å². The van der Waals surface area contributed by atoms with Crippen molar-refractivity contribution in [2.75, 3.05) is 0 Å². The number of hydrogen-bond acceptors (Lipinski definition) is 4. The van der Waals surface area contributed by atoms with Crippen LogP contribution >= 0.6 is 11.3 Å². The van der Waals surface area contributed by atoms with E-state index in [0.29, 0.717) is 12.1 Å². The fourth-order valence-electron chi connectivity index (χ4n) is 4.35. The zero-order valence-electron chi connectivity index (χ0n) is 18.9. The molecule has 1 aromatic carbocycles. The molecule has 0 unspecified atom stereocenters. The molecule has 6 nitrogen and oxygen atoms in total. The van der Waals surface area contributed by atoms with E-state index in [2.05, 4.69) is 11.2 Å². The van der Waals surface area contributed by atoms with Crippen molar-refractivity contribution >= 4 is 38.4 Å². The third-order valence-corrected chi connectivity index (χ3v) is 6.67. The molecule has 0 fully saturated rings. The third-order valence-electron chi connectivity index (χ3n) is 5.60. The Bertz CT molecular complexity index is 1340. The van der Waals surface area contributed by atoms with Crippen LogP contribution in [0.25, 0.3) is 21.1 Å². The van der Waals surface area contributed by atoms with Gasteiger partial charge in [0.25, 0.3) is 5.56 Å². The largest absolute Gasteiger partial charge is 0.336 e. The van der Waals surface area contributed by atoms with E-state index in [1.54, 1.807) is 34.6 Å². The highest BCUT2D eigenvalue weighted by Crippen LogP contribution is 2.34. The molecule has 0 spiro atoms. The first-order valence-electron chi connectivity index (χ1n) is 10.7. The van der Waals surface area contributed by atoms with E-state index in [1.165, 1.54) is 16.8 Å². The summed E-state index contributed by atoms with van der Waals surface area (Å²) in [5.74, 6) is -0.439. The topological polar surface area (TPSA) is 60.1 Å². The summed E-state index contributed by atoms with van der Waals surface area (Å²) in [4.78, 5) is 29.3. The Labute approximate surface area is 189 Å². The molecule has 0 atom stereocenters. The number of nitrogens with zero attached hydrogens (tertiary/aromatic N) is 4. The summed E-state index contributed by atoms with van der Waals surface area (Å²) in [6.07, 6.45) is 1.68. The number of halogens is 1. The van der Waals surface area contributed by atoms with Crippen molar-refractivity contribution < 1.29 is 9.18 Å². The summed E-state index contributed by atoms with van der Waals surface area (Å²) in [5.41, 5.74) is 2.05. The van der Waals surface area contributed by atoms with Crippen LogP contribution in [0.5, 0.6) is 0 Å². The van der Waals surface area contributed by atoms with Gasteiger partial charge in [0.1, 0.15) is 17.9 Å². The van der Waals surface area contributed by atoms with Gasteiger partial charge in [-0.2, -0.15) is 5.10 Å². The lowest BCUT2D eigenvalue weighted by molar-refractivity contribution is -0.135. The predicted molar refractivity (Wildman–Crippen MR) is 127 cm³/mol. The molecular formula is C24H27FN4O2S. The Morgan fingerprint density at radius 1 is 1.16 bits per heavy atom. The third kappa shape index (κ3) is 3.95. The SMILES string of the molecule is Cc1cc2c(s1)c1cnn(CC(=O)N(C(C)C)C(C)C)c(=O)c1n2Cc1ccc(F)cc1. The first kappa shape index (κ1) is 22.2. The summed E-state index contributed by atoms with van der Waals surface area (Å²) in [5, 5.41) is 5.12. The smallest absolute Gasteiger partial charge is 0.291 e. The van der Waals surface area contributed by atoms with Gasteiger partial charge in [-0.25, -0.2) is 9.07 Å². The van der Waals surface area contributed by atoms with Crippen molar-refractivity contribution in [3.8, 4) is 0 Å². The Balaban J connectivity index is 1.83. The average Bonchev–Trinajstić information content (AvgIpc) is 3.21. The molecule has 0 saturated carbocycles. The van der Waals surface area contributed by atoms with Gasteiger partial charge in [0.2, 0.25) is 5.91 Å². The maximum Gasteiger partial charge on any atom is 0.291 e. The molecule has 3 heterocycles. The van der Waals surface area contributed by atoms with Crippen molar-refractivity contribution in [2.24, 2.45) is 0 Å². The Morgan fingerprint density at radius 3 is 2.44 bits per heavy atom. The standard InChI is InChI=1S/C24H27FN4O2S/c1-14(2)29(15(3)4)21(30)13-28-24(31)22-19(11-26-28)23-20(10-16(5)32-23)27(22)12-17-6-8-18(25)9-7-17/h6-11,14-15H,12-13H2,1-5H3. The molecule has 0 N–H and O–H groups in total. The summed E-state index contributed by atoms with van der Waals surface area (Å²) >= 11 is 1.61. The van der Waals surface area contributed by atoms with E-state index in [9.17, 15) is 14.0 Å². The van der Waals surface area contributed by atoms with E-state index in [4.69, 9.17) is 0 Å². The van der Waals surface area contributed by atoms with Crippen LogP contribution in [0.15, 0.2) is 41.3 Å². The first-order chi connectivity index (χ1) is 15.2. The second-order valence-electron chi connectivity index (χ2n) is 8.64. The van der Waals surface area contributed by atoms with Crippen molar-refractivity contribution in [1.82, 2.24) is 19.2 Å². The van der Waals surface area contributed by atoms with Crippen molar-refractivity contribution in [2.45, 2.75) is 59.8 Å². The summed E-state index contributed by atoms with van der Waals surface area (Å²) in [6, 6.07) is 8.38. The number of carbonyl (C=O) groups is 1. The minimum absolute atomic E-state index is 0.0255. The quantitative estimate of drug-likeness (QED) is 0.429. The molecule has 4 aromatic rings. The van der Waals surface area contributed by atoms with Crippen LogP contribution in [-0.4, -0.2) is 37.2 Å². The van der Waals surface area contributed by atoms with Crippen LogP contribution in [0.1, 0.15) is 38.1 Å². The monoisotopic (exact) mass is 454 g/mol. The number of aromatic nitrogens is 3. The van der Waals surface area contributed by atoms with Gasteiger partial charge >= 0.3 is 0 Å². The predicted octanol–water partition coefficient (Wildman–Crippen LogP) is 4.55. The zero-order chi connectivity index (χ0) is 23.2. The Hall–Kier alpha value is -3.00. The second-order valence-corrected chi connectivity index (χ2v) is 9.90. The number of aryl methyl sites for hydroxylation is 1. The minimum Gasteiger partial charge on any atom is -0.336 e. The lowest BCUT2D eigenvalue weighted by atomic mass is 10.2. The number of hydrogen-bond donors (Lipinski definition) is 0. The summed E-state index contributed by atoms with van der Waals surface area (Å²) in [6.45, 7) is 10.2. The number of rotatable bonds is 6. The fourth-order valence-corrected chi connectivity index (χ4v) is 5.38. The number of carbonyl (C=O) groups excluding carboxylic acids is 1. The number of benzene rings is 1. The molecular weight excluding hydrogens is 427 g/mol. The molecule has 32 heavy (non-hydrogen) atoms. The molecule has 0 saturated heterocycles. The zero-order valence-corrected chi connectivity index (χ0v) is 19.7. The van der Waals surface area contributed by atoms with Crippen LogP contribution in [0.3, 0.4) is 0 Å². The summed E-state index contributed by atoms with van der Waals surface area (Å²) < 4.78 is 17.6. The summed E-state index contributed by atoms with van der Waals surface area (Å²) in [7, 11) is 0. The van der Waals surface area contributed by atoms with Gasteiger partial charge < -0.3 is 9.47 Å². The van der Waals surface area contributed by atoms with E-state index in [0.717, 1.165) is 26.0 Å². The molecule has 3 aromatic heterocycles. The number of thiophene rings is 1. The molecule has 8 heteroatoms. The van der Waals surface area contributed by atoms with Gasteiger partial charge in [-0.1, -0.05) is 12.1 Å². The van der Waals surface area contributed by atoms with Crippen molar-refractivity contribution in [3.05, 3.63) is 63.1 Å². The van der Waals surface area contributed by atoms with Crippen LogP contribution in [0.4, 0.5) is 4.39 Å². The van der Waals surface area contributed by atoms with Gasteiger partial charge in [-0.15, -0.1) is 11.3 Å². The highest BCUT2D eigenvalue weighted by molar-refractivity contribution is 7.20. The maximum atomic E-state index is 13.5. The van der Waals surface area contributed by atoms with E-state index < -0.39 is 0 Å². The van der Waals surface area contributed by atoms with Gasteiger partial charge in [-0.3, -0.25) is 9.59 Å². The molecule has 0 radical (unpaired) electrons. The van der Waals surface area contributed by atoms with E-state index >= 15 is 0 Å². The maximum absolute atomic E-state index is 13.5. The van der Waals surface area contributed by atoms with Gasteiger partial charge in [0, 0.05) is 28.9 Å².